The van der Waals surface area contributed by atoms with Gasteiger partial charge in [-0.15, -0.1) is 0 Å². The molecule has 120 valence electrons. The SMILES string of the molecule is COC(CNC(=O)N1CC(N2CCCC2=O)C1)C(C)(C)C. The number of nitrogens with one attached hydrogen (secondary N) is 1. The molecule has 0 spiro atoms. The average Bonchev–Trinajstić information content (AvgIpc) is 2.73. The number of carbonyl (C=O) groups is 2. The standard InChI is InChI=1S/C15H27N3O3/c1-15(2,3)12(21-4)8-16-14(20)17-9-11(10-17)18-7-5-6-13(18)19/h11-12H,5-10H2,1-4H3,(H,16,20). The van der Waals surface area contributed by atoms with Gasteiger partial charge in [-0.2, -0.15) is 0 Å². The average molecular weight is 297 g/mol. The quantitative estimate of drug-likeness (QED) is 0.844. The number of rotatable bonds is 4. The maximum atomic E-state index is 12.1. The summed E-state index contributed by atoms with van der Waals surface area (Å²) >= 11 is 0. The third-order valence-corrected chi connectivity index (χ3v) is 4.39. The predicted molar refractivity (Wildman–Crippen MR) is 80.0 cm³/mol. The largest absolute Gasteiger partial charge is 0.379 e. The number of hydrogen-bond acceptors (Lipinski definition) is 3. The van der Waals surface area contributed by atoms with Gasteiger partial charge < -0.3 is 19.9 Å². The van der Waals surface area contributed by atoms with Crippen LogP contribution in [0.1, 0.15) is 33.6 Å². The summed E-state index contributed by atoms with van der Waals surface area (Å²) in [5.74, 6) is 0.229. The smallest absolute Gasteiger partial charge is 0.317 e. The molecule has 0 radical (unpaired) electrons. The summed E-state index contributed by atoms with van der Waals surface area (Å²) in [6.07, 6.45) is 1.59. The lowest BCUT2D eigenvalue weighted by Crippen LogP contribution is -2.63. The number of hydrogen-bond donors (Lipinski definition) is 1. The fourth-order valence-corrected chi connectivity index (χ4v) is 2.91. The summed E-state index contributed by atoms with van der Waals surface area (Å²) < 4.78 is 5.43. The van der Waals surface area contributed by atoms with Gasteiger partial charge in [0.05, 0.1) is 12.1 Å². The normalized spacial score (nSPS) is 21.4. The minimum atomic E-state index is -0.0656. The second-order valence-electron chi connectivity index (χ2n) is 7.03. The molecule has 0 bridgehead atoms. The lowest BCUT2D eigenvalue weighted by atomic mass is 9.89. The molecule has 1 atom stereocenters. The lowest BCUT2D eigenvalue weighted by Gasteiger charge is -2.44. The molecule has 2 heterocycles. The Balaban J connectivity index is 1.73. The first-order chi connectivity index (χ1) is 9.82. The Labute approximate surface area is 126 Å². The van der Waals surface area contributed by atoms with Crippen LogP contribution in [-0.2, 0) is 9.53 Å². The Morgan fingerprint density at radius 1 is 1.43 bits per heavy atom. The van der Waals surface area contributed by atoms with Crippen LogP contribution in [0.15, 0.2) is 0 Å². The predicted octanol–water partition coefficient (Wildman–Crippen LogP) is 1.06. The van der Waals surface area contributed by atoms with E-state index in [0.717, 1.165) is 13.0 Å². The third kappa shape index (κ3) is 3.67. The Kier molecular flexibility index (Phi) is 4.76. The summed E-state index contributed by atoms with van der Waals surface area (Å²) in [6.45, 7) is 8.90. The number of ether oxygens (including phenoxy) is 1. The topological polar surface area (TPSA) is 61.9 Å². The molecule has 0 aromatic rings. The molecule has 21 heavy (non-hydrogen) atoms. The number of amides is 3. The summed E-state index contributed by atoms with van der Waals surface area (Å²) in [4.78, 5) is 27.4. The summed E-state index contributed by atoms with van der Waals surface area (Å²) in [5.41, 5.74) is -0.0124. The van der Waals surface area contributed by atoms with E-state index in [2.05, 4.69) is 26.1 Å². The number of methoxy groups -OCH3 is 1. The van der Waals surface area contributed by atoms with E-state index in [-0.39, 0.29) is 29.5 Å². The molecule has 2 saturated heterocycles. The van der Waals surface area contributed by atoms with Crippen LogP contribution >= 0.6 is 0 Å². The third-order valence-electron chi connectivity index (χ3n) is 4.39. The highest BCUT2D eigenvalue weighted by molar-refractivity contribution is 5.80. The van der Waals surface area contributed by atoms with Crippen molar-refractivity contribution in [1.82, 2.24) is 15.1 Å². The van der Waals surface area contributed by atoms with Crippen LogP contribution in [0.2, 0.25) is 0 Å². The van der Waals surface area contributed by atoms with E-state index >= 15 is 0 Å². The van der Waals surface area contributed by atoms with Crippen LogP contribution in [0.25, 0.3) is 0 Å². The van der Waals surface area contributed by atoms with Crippen molar-refractivity contribution < 1.29 is 14.3 Å². The van der Waals surface area contributed by atoms with Gasteiger partial charge in [-0.1, -0.05) is 20.8 Å². The Morgan fingerprint density at radius 2 is 2.10 bits per heavy atom. The van der Waals surface area contributed by atoms with Crippen molar-refractivity contribution in [3.8, 4) is 0 Å². The first kappa shape index (κ1) is 16.1. The van der Waals surface area contributed by atoms with Crippen molar-refractivity contribution >= 4 is 11.9 Å². The van der Waals surface area contributed by atoms with Crippen molar-refractivity contribution in [1.29, 1.82) is 0 Å². The molecular formula is C15H27N3O3. The molecule has 6 nitrogen and oxygen atoms in total. The molecule has 2 rings (SSSR count). The molecule has 3 amide bonds. The van der Waals surface area contributed by atoms with Gasteiger partial charge in [0.2, 0.25) is 5.91 Å². The van der Waals surface area contributed by atoms with Crippen molar-refractivity contribution in [2.75, 3.05) is 33.3 Å². The molecule has 2 aliphatic rings. The minimum Gasteiger partial charge on any atom is -0.379 e. The van der Waals surface area contributed by atoms with Gasteiger partial charge in [0, 0.05) is 39.7 Å². The van der Waals surface area contributed by atoms with Crippen LogP contribution in [0.5, 0.6) is 0 Å². The summed E-state index contributed by atoms with van der Waals surface area (Å²) in [5, 5.41) is 2.92. The molecule has 1 N–H and O–H groups in total. The minimum absolute atomic E-state index is 0.0124. The van der Waals surface area contributed by atoms with Gasteiger partial charge in [0.1, 0.15) is 0 Å². The molecule has 2 fully saturated rings. The lowest BCUT2D eigenvalue weighted by molar-refractivity contribution is -0.132. The Bertz CT molecular complexity index is 399. The van der Waals surface area contributed by atoms with Crippen LogP contribution in [0.3, 0.4) is 0 Å². The second kappa shape index (κ2) is 6.22. The van der Waals surface area contributed by atoms with E-state index in [1.807, 2.05) is 4.90 Å². The Morgan fingerprint density at radius 3 is 2.57 bits per heavy atom. The van der Waals surface area contributed by atoms with Crippen LogP contribution < -0.4 is 5.32 Å². The number of likely N-dealkylation sites (tertiary alicyclic amines) is 2. The van der Waals surface area contributed by atoms with Crippen molar-refractivity contribution in [3.63, 3.8) is 0 Å². The molecular weight excluding hydrogens is 270 g/mol. The highest BCUT2D eigenvalue weighted by Crippen LogP contribution is 2.22. The molecule has 0 saturated carbocycles. The summed E-state index contributed by atoms with van der Waals surface area (Å²) in [7, 11) is 1.67. The highest BCUT2D eigenvalue weighted by atomic mass is 16.5. The molecule has 2 aliphatic heterocycles. The van der Waals surface area contributed by atoms with E-state index in [1.54, 1.807) is 12.0 Å². The van der Waals surface area contributed by atoms with E-state index in [1.165, 1.54) is 0 Å². The monoisotopic (exact) mass is 297 g/mol. The molecule has 0 aromatic heterocycles. The summed E-state index contributed by atoms with van der Waals surface area (Å²) in [6, 6.07) is 0.149. The molecule has 1 unspecified atom stereocenters. The molecule has 6 heteroatoms. The fraction of sp³-hybridized carbons (Fsp3) is 0.867. The van der Waals surface area contributed by atoms with Crippen LogP contribution in [0, 0.1) is 5.41 Å². The number of carbonyl (C=O) groups excluding carboxylic acids is 2. The highest BCUT2D eigenvalue weighted by Gasteiger charge is 2.38. The maximum Gasteiger partial charge on any atom is 0.317 e. The van der Waals surface area contributed by atoms with Gasteiger partial charge in [0.25, 0.3) is 0 Å². The van der Waals surface area contributed by atoms with E-state index < -0.39 is 0 Å². The first-order valence-corrected chi connectivity index (χ1v) is 7.68. The van der Waals surface area contributed by atoms with Crippen molar-refractivity contribution in [2.45, 2.75) is 45.8 Å². The second-order valence-corrected chi connectivity index (χ2v) is 7.03. The van der Waals surface area contributed by atoms with Gasteiger partial charge >= 0.3 is 6.03 Å². The van der Waals surface area contributed by atoms with Gasteiger partial charge in [0.15, 0.2) is 0 Å². The number of urea groups is 1. The van der Waals surface area contributed by atoms with E-state index in [0.29, 0.717) is 26.1 Å². The van der Waals surface area contributed by atoms with E-state index in [4.69, 9.17) is 4.74 Å². The molecule has 0 aliphatic carbocycles. The van der Waals surface area contributed by atoms with Gasteiger partial charge in [-0.05, 0) is 11.8 Å². The van der Waals surface area contributed by atoms with E-state index in [9.17, 15) is 9.59 Å². The first-order valence-electron chi connectivity index (χ1n) is 7.68. The molecule has 0 aromatic carbocycles. The Hall–Kier alpha value is -1.30. The zero-order valence-electron chi connectivity index (χ0n) is 13.5. The van der Waals surface area contributed by atoms with Crippen molar-refractivity contribution in [3.05, 3.63) is 0 Å². The van der Waals surface area contributed by atoms with Gasteiger partial charge in [-0.25, -0.2) is 4.79 Å². The van der Waals surface area contributed by atoms with Crippen LogP contribution in [0.4, 0.5) is 4.79 Å². The van der Waals surface area contributed by atoms with Crippen molar-refractivity contribution in [2.24, 2.45) is 5.41 Å². The maximum absolute atomic E-state index is 12.1. The number of nitrogens with zero attached hydrogens (tertiary/aromatic N) is 2. The zero-order chi connectivity index (χ0) is 15.6. The zero-order valence-corrected chi connectivity index (χ0v) is 13.5. The van der Waals surface area contributed by atoms with Gasteiger partial charge in [-0.3, -0.25) is 4.79 Å². The fourth-order valence-electron chi connectivity index (χ4n) is 2.91. The van der Waals surface area contributed by atoms with Crippen LogP contribution in [-0.4, -0.2) is 67.2 Å².